The fraction of sp³-hybridized carbons (Fsp3) is 0.462. The van der Waals surface area contributed by atoms with Crippen LogP contribution < -0.4 is 15.0 Å². The van der Waals surface area contributed by atoms with Gasteiger partial charge in [0.2, 0.25) is 5.95 Å². The second kappa shape index (κ2) is 10.4. The molecule has 2 amide bonds. The molecular formula is C26H33N5O5. The van der Waals surface area contributed by atoms with Crippen LogP contribution in [0.15, 0.2) is 42.1 Å². The average Bonchev–Trinajstić information content (AvgIpc) is 3.31. The molecule has 1 atom stereocenters. The van der Waals surface area contributed by atoms with Crippen molar-refractivity contribution in [3.8, 4) is 5.75 Å². The number of aromatic nitrogens is 2. The third-order valence-electron chi connectivity index (χ3n) is 5.78. The van der Waals surface area contributed by atoms with Gasteiger partial charge in [0.25, 0.3) is 0 Å². The Morgan fingerprint density at radius 1 is 1.25 bits per heavy atom. The van der Waals surface area contributed by atoms with Crippen LogP contribution in [0, 0.1) is 0 Å². The zero-order valence-electron chi connectivity index (χ0n) is 21.4. The number of nitrogens with one attached hydrogen (secondary N) is 1. The van der Waals surface area contributed by atoms with E-state index in [2.05, 4.69) is 15.3 Å². The smallest absolute Gasteiger partial charge is 0.415 e. The first-order valence-corrected chi connectivity index (χ1v) is 12.1. The zero-order valence-corrected chi connectivity index (χ0v) is 21.4. The lowest BCUT2D eigenvalue weighted by molar-refractivity contribution is 0.0300. The van der Waals surface area contributed by atoms with Crippen LogP contribution in [-0.4, -0.2) is 58.9 Å². The van der Waals surface area contributed by atoms with Crippen LogP contribution in [0.5, 0.6) is 5.75 Å². The van der Waals surface area contributed by atoms with Crippen molar-refractivity contribution in [2.75, 3.05) is 36.5 Å². The molecule has 36 heavy (non-hydrogen) atoms. The molecule has 0 unspecified atom stereocenters. The molecule has 2 aliphatic rings. The van der Waals surface area contributed by atoms with Gasteiger partial charge in [-0.15, -0.1) is 0 Å². The third-order valence-corrected chi connectivity index (χ3v) is 5.78. The van der Waals surface area contributed by atoms with Crippen molar-refractivity contribution >= 4 is 24.0 Å². The van der Waals surface area contributed by atoms with E-state index in [0.29, 0.717) is 38.0 Å². The van der Waals surface area contributed by atoms with Crippen LogP contribution in [0.2, 0.25) is 0 Å². The van der Waals surface area contributed by atoms with Gasteiger partial charge in [-0.3, -0.25) is 4.90 Å². The first-order chi connectivity index (χ1) is 17.1. The second-order valence-corrected chi connectivity index (χ2v) is 9.79. The Kier molecular flexibility index (Phi) is 7.32. The summed E-state index contributed by atoms with van der Waals surface area (Å²) in [6.07, 6.45) is 2.97. The Balaban J connectivity index is 1.30. The molecule has 0 saturated heterocycles. The first kappa shape index (κ1) is 25.3. The minimum atomic E-state index is -0.514. The maximum Gasteiger partial charge on any atom is 0.415 e. The quantitative estimate of drug-likeness (QED) is 0.552. The van der Waals surface area contributed by atoms with Crippen LogP contribution in [0.4, 0.5) is 21.4 Å². The Morgan fingerprint density at radius 3 is 2.69 bits per heavy atom. The molecule has 2 aliphatic heterocycles. The van der Waals surface area contributed by atoms with Crippen LogP contribution in [0.25, 0.3) is 0 Å². The van der Waals surface area contributed by atoms with Gasteiger partial charge >= 0.3 is 12.2 Å². The van der Waals surface area contributed by atoms with E-state index in [4.69, 9.17) is 14.2 Å². The molecule has 4 rings (SSSR count). The fourth-order valence-electron chi connectivity index (χ4n) is 3.88. The summed E-state index contributed by atoms with van der Waals surface area (Å²) in [6.45, 7) is 11.5. The normalized spacial score (nSPS) is 16.1. The van der Waals surface area contributed by atoms with Crippen molar-refractivity contribution < 1.29 is 23.8 Å². The monoisotopic (exact) mass is 495 g/mol. The van der Waals surface area contributed by atoms with E-state index in [9.17, 15) is 9.59 Å². The molecule has 2 aromatic rings. The number of fused-ring (bicyclic) bond motifs is 1. The van der Waals surface area contributed by atoms with Crippen LogP contribution in [-0.2, 0) is 16.1 Å². The summed E-state index contributed by atoms with van der Waals surface area (Å²) in [5.74, 6) is 1.76. The molecule has 3 heterocycles. The molecule has 192 valence electrons. The molecule has 0 spiro atoms. The largest absolute Gasteiger partial charge is 0.489 e. The number of anilines is 2. The van der Waals surface area contributed by atoms with Gasteiger partial charge < -0.3 is 24.4 Å². The summed E-state index contributed by atoms with van der Waals surface area (Å²) in [5, 5.41) is 3.30. The highest BCUT2D eigenvalue weighted by atomic mass is 16.6. The summed E-state index contributed by atoms with van der Waals surface area (Å²) < 4.78 is 16.5. The lowest BCUT2D eigenvalue weighted by atomic mass is 10.1. The van der Waals surface area contributed by atoms with Gasteiger partial charge in [-0.05, 0) is 57.9 Å². The van der Waals surface area contributed by atoms with Crippen molar-refractivity contribution in [2.24, 2.45) is 0 Å². The lowest BCUT2D eigenvalue weighted by Crippen LogP contribution is -2.36. The highest BCUT2D eigenvalue weighted by Crippen LogP contribution is 2.27. The van der Waals surface area contributed by atoms with Crippen molar-refractivity contribution in [3.05, 3.63) is 53.2 Å². The number of ether oxygens (including phenoxy) is 3. The van der Waals surface area contributed by atoms with Gasteiger partial charge in [-0.2, -0.15) is 4.98 Å². The minimum absolute atomic E-state index is 0.0670. The van der Waals surface area contributed by atoms with Crippen molar-refractivity contribution in [1.82, 2.24) is 14.9 Å². The van der Waals surface area contributed by atoms with E-state index in [0.717, 1.165) is 22.4 Å². The number of carbonyl (C=O) groups excluding carboxylic acids is 2. The van der Waals surface area contributed by atoms with Gasteiger partial charge in [-0.1, -0.05) is 18.2 Å². The molecule has 10 heteroatoms. The number of benzene rings is 1. The van der Waals surface area contributed by atoms with E-state index >= 15 is 0 Å². The van der Waals surface area contributed by atoms with E-state index in [1.165, 1.54) is 4.90 Å². The Labute approximate surface area is 211 Å². The maximum atomic E-state index is 12.2. The number of cyclic esters (lactones) is 1. The average molecular weight is 496 g/mol. The highest BCUT2D eigenvalue weighted by molar-refractivity contribution is 5.89. The zero-order chi connectivity index (χ0) is 25.9. The number of carbonyl (C=O) groups is 2. The minimum Gasteiger partial charge on any atom is -0.489 e. The van der Waals surface area contributed by atoms with Crippen molar-refractivity contribution in [3.63, 3.8) is 0 Å². The number of nitrogens with zero attached hydrogens (tertiary/aromatic N) is 4. The number of hydrogen-bond acceptors (Lipinski definition) is 8. The number of rotatable bonds is 7. The number of amides is 2. The Hall–Kier alpha value is -3.82. The second-order valence-electron chi connectivity index (χ2n) is 9.79. The third kappa shape index (κ3) is 6.05. The lowest BCUT2D eigenvalue weighted by Gasteiger charge is -2.27. The molecule has 0 saturated carbocycles. The number of hydrogen-bond donors (Lipinski definition) is 1. The van der Waals surface area contributed by atoms with E-state index < -0.39 is 11.7 Å². The predicted molar refractivity (Wildman–Crippen MR) is 135 cm³/mol. The predicted octanol–water partition coefficient (Wildman–Crippen LogP) is 4.68. The summed E-state index contributed by atoms with van der Waals surface area (Å²) in [6, 6.07) is 7.73. The molecule has 1 aromatic carbocycles. The molecule has 1 aromatic heterocycles. The molecular weight excluding hydrogens is 462 g/mol. The van der Waals surface area contributed by atoms with Gasteiger partial charge in [0.1, 0.15) is 30.4 Å². The van der Waals surface area contributed by atoms with Crippen molar-refractivity contribution in [2.45, 2.75) is 52.9 Å². The van der Waals surface area contributed by atoms with Crippen LogP contribution >= 0.6 is 0 Å². The standard InChI is InChI=1S/C26H33N5O5/c1-6-31-22-20(16-35-25(31)33)13-27-23(29-22)28-17(2)19-7-9-21(10-8-19)34-15-18-11-12-30(14-18)24(32)36-26(3,4)5/h7-11,13,17H,6,12,14-16H2,1-5H3,(H,27,28,29)/t17-/m0/s1. The topological polar surface area (TPSA) is 106 Å². The van der Waals surface area contributed by atoms with E-state index in [1.807, 2.05) is 65.0 Å². The molecule has 0 fully saturated rings. The van der Waals surface area contributed by atoms with Crippen LogP contribution in [0.3, 0.4) is 0 Å². The van der Waals surface area contributed by atoms with Gasteiger partial charge in [0.05, 0.1) is 11.6 Å². The summed E-state index contributed by atoms with van der Waals surface area (Å²) >= 11 is 0. The summed E-state index contributed by atoms with van der Waals surface area (Å²) in [5.41, 5.74) is 2.34. The molecule has 1 N–H and O–H groups in total. The van der Waals surface area contributed by atoms with Crippen LogP contribution in [0.1, 0.15) is 51.8 Å². The Morgan fingerprint density at radius 2 is 2.00 bits per heavy atom. The molecule has 0 aliphatic carbocycles. The van der Waals surface area contributed by atoms with Gasteiger partial charge in [0.15, 0.2) is 0 Å². The van der Waals surface area contributed by atoms with Crippen molar-refractivity contribution in [1.29, 1.82) is 0 Å². The first-order valence-electron chi connectivity index (χ1n) is 12.1. The maximum absolute atomic E-state index is 12.2. The van der Waals surface area contributed by atoms with E-state index in [-0.39, 0.29) is 18.7 Å². The highest BCUT2D eigenvalue weighted by Gasteiger charge is 2.27. The van der Waals surface area contributed by atoms with Gasteiger partial charge in [0, 0.05) is 25.8 Å². The summed E-state index contributed by atoms with van der Waals surface area (Å²) in [7, 11) is 0. The molecule has 0 radical (unpaired) electrons. The molecule has 0 bridgehead atoms. The summed E-state index contributed by atoms with van der Waals surface area (Å²) in [4.78, 5) is 36.3. The van der Waals surface area contributed by atoms with Gasteiger partial charge in [-0.25, -0.2) is 14.6 Å². The van der Waals surface area contributed by atoms with E-state index in [1.54, 1.807) is 11.1 Å². The SMILES string of the molecule is CCN1C(=O)OCc2cnc(N[C@@H](C)c3ccc(OCC4=CCN(C(=O)OC(C)(C)C)C4)cc3)nc21. The molecule has 10 nitrogen and oxygen atoms in total. The Bertz CT molecular complexity index is 1140. The fourth-order valence-corrected chi connectivity index (χ4v) is 3.88.